The Morgan fingerprint density at radius 1 is 1.10 bits per heavy atom. The third-order valence-electron chi connectivity index (χ3n) is 4.91. The van der Waals surface area contributed by atoms with Crippen LogP contribution in [0.5, 0.6) is 5.75 Å². The van der Waals surface area contributed by atoms with Gasteiger partial charge < -0.3 is 15.0 Å². The summed E-state index contributed by atoms with van der Waals surface area (Å²) in [5, 5.41) is 11.0. The highest BCUT2D eigenvalue weighted by atomic mass is 35.5. The third-order valence-corrected chi connectivity index (χ3v) is 6.00. The standard InChI is InChI=1S/C22H24ClN5O2S/c23-16-4-10-19(11-5-16)30-14-20-25-22(27-26-20)31-15-21(29)24-17-6-8-18(9-7-17)28-12-2-1-3-13-28/h4-11H,1-3,12-15H2,(H,24,29)(H,25,26,27). The summed E-state index contributed by atoms with van der Waals surface area (Å²) in [6, 6.07) is 15.1. The number of nitrogens with one attached hydrogen (secondary N) is 2. The van der Waals surface area contributed by atoms with E-state index in [-0.39, 0.29) is 18.3 Å². The zero-order valence-corrected chi connectivity index (χ0v) is 18.6. The number of ether oxygens (including phenoxy) is 1. The molecule has 9 heteroatoms. The fraction of sp³-hybridized carbons (Fsp3) is 0.318. The smallest absolute Gasteiger partial charge is 0.234 e. The monoisotopic (exact) mass is 457 g/mol. The molecule has 1 saturated heterocycles. The Balaban J connectivity index is 1.21. The van der Waals surface area contributed by atoms with Crippen molar-refractivity contribution in [3.63, 3.8) is 0 Å². The highest BCUT2D eigenvalue weighted by Crippen LogP contribution is 2.22. The number of carbonyl (C=O) groups excluding carboxylic acids is 1. The molecule has 0 saturated carbocycles. The minimum Gasteiger partial charge on any atom is -0.486 e. The van der Waals surface area contributed by atoms with Crippen LogP contribution in [0.1, 0.15) is 25.1 Å². The molecule has 0 atom stereocenters. The molecule has 0 radical (unpaired) electrons. The van der Waals surface area contributed by atoms with Crippen LogP contribution in [0.3, 0.4) is 0 Å². The lowest BCUT2D eigenvalue weighted by molar-refractivity contribution is -0.113. The number of hydrogen-bond acceptors (Lipinski definition) is 6. The van der Waals surface area contributed by atoms with Crippen LogP contribution in [0.2, 0.25) is 5.02 Å². The molecule has 2 N–H and O–H groups in total. The van der Waals surface area contributed by atoms with Gasteiger partial charge in [-0.3, -0.25) is 9.89 Å². The van der Waals surface area contributed by atoms with Gasteiger partial charge in [0.05, 0.1) is 5.75 Å². The third kappa shape index (κ3) is 6.38. The zero-order valence-electron chi connectivity index (χ0n) is 17.0. The number of aromatic amines is 1. The Morgan fingerprint density at radius 2 is 1.84 bits per heavy atom. The van der Waals surface area contributed by atoms with Crippen LogP contribution < -0.4 is 15.0 Å². The maximum absolute atomic E-state index is 12.3. The molecule has 2 aromatic carbocycles. The van der Waals surface area contributed by atoms with Gasteiger partial charge in [0.2, 0.25) is 11.1 Å². The van der Waals surface area contributed by atoms with E-state index in [0.717, 1.165) is 18.8 Å². The molecule has 4 rings (SSSR count). The maximum Gasteiger partial charge on any atom is 0.234 e. The van der Waals surface area contributed by atoms with E-state index in [1.807, 2.05) is 12.1 Å². The molecule has 1 amide bonds. The van der Waals surface area contributed by atoms with Crippen LogP contribution in [-0.4, -0.2) is 39.9 Å². The molecule has 1 aliphatic heterocycles. The minimum atomic E-state index is -0.0977. The van der Waals surface area contributed by atoms with E-state index in [2.05, 4.69) is 37.5 Å². The number of thioether (sulfide) groups is 1. The quantitative estimate of drug-likeness (QED) is 0.474. The van der Waals surface area contributed by atoms with Gasteiger partial charge >= 0.3 is 0 Å². The topological polar surface area (TPSA) is 83.1 Å². The van der Waals surface area contributed by atoms with E-state index in [0.29, 0.717) is 21.8 Å². The Bertz CT molecular complexity index is 988. The number of halogens is 1. The predicted molar refractivity (Wildman–Crippen MR) is 124 cm³/mol. The van der Waals surface area contributed by atoms with Crippen molar-refractivity contribution >= 4 is 40.6 Å². The molecule has 162 valence electrons. The van der Waals surface area contributed by atoms with Crippen LogP contribution in [0, 0.1) is 0 Å². The van der Waals surface area contributed by atoms with Crippen LogP contribution in [0.4, 0.5) is 11.4 Å². The fourth-order valence-corrected chi connectivity index (χ4v) is 4.07. The van der Waals surface area contributed by atoms with Crippen molar-refractivity contribution in [3.05, 3.63) is 59.4 Å². The summed E-state index contributed by atoms with van der Waals surface area (Å²) in [4.78, 5) is 19.0. The Hall–Kier alpha value is -2.71. The zero-order chi connectivity index (χ0) is 21.5. The van der Waals surface area contributed by atoms with E-state index < -0.39 is 0 Å². The molecular formula is C22H24ClN5O2S. The van der Waals surface area contributed by atoms with Crippen molar-refractivity contribution in [1.29, 1.82) is 0 Å². The van der Waals surface area contributed by atoms with Crippen LogP contribution in [-0.2, 0) is 11.4 Å². The van der Waals surface area contributed by atoms with Gasteiger partial charge in [0.1, 0.15) is 12.4 Å². The van der Waals surface area contributed by atoms with Crippen molar-refractivity contribution < 1.29 is 9.53 Å². The van der Waals surface area contributed by atoms with Gasteiger partial charge in [-0.05, 0) is 67.8 Å². The average molecular weight is 458 g/mol. The number of benzene rings is 2. The molecule has 1 fully saturated rings. The van der Waals surface area contributed by atoms with Gasteiger partial charge in [-0.25, -0.2) is 4.98 Å². The molecule has 0 unspecified atom stereocenters. The van der Waals surface area contributed by atoms with E-state index in [4.69, 9.17) is 16.3 Å². The molecule has 0 bridgehead atoms. The summed E-state index contributed by atoms with van der Waals surface area (Å²) in [5.74, 6) is 1.41. The van der Waals surface area contributed by atoms with E-state index in [1.54, 1.807) is 24.3 Å². The van der Waals surface area contributed by atoms with Gasteiger partial charge in [-0.1, -0.05) is 23.4 Å². The molecule has 0 aliphatic carbocycles. The largest absolute Gasteiger partial charge is 0.486 e. The van der Waals surface area contributed by atoms with E-state index >= 15 is 0 Å². The first-order chi connectivity index (χ1) is 15.2. The highest BCUT2D eigenvalue weighted by Gasteiger charge is 2.12. The number of rotatable bonds is 8. The molecule has 3 aromatic rings. The summed E-state index contributed by atoms with van der Waals surface area (Å²) in [6.45, 7) is 2.46. The second-order valence-electron chi connectivity index (χ2n) is 7.24. The number of nitrogens with zero attached hydrogens (tertiary/aromatic N) is 3. The SMILES string of the molecule is O=C(CSc1n[nH]c(COc2ccc(Cl)cc2)n1)Nc1ccc(N2CCCCC2)cc1. The Morgan fingerprint density at radius 3 is 2.58 bits per heavy atom. The van der Waals surface area contributed by atoms with Gasteiger partial charge in [-0.2, -0.15) is 0 Å². The molecule has 1 aliphatic rings. The van der Waals surface area contributed by atoms with Gasteiger partial charge in [0.25, 0.3) is 0 Å². The lowest BCUT2D eigenvalue weighted by Crippen LogP contribution is -2.29. The summed E-state index contributed by atoms with van der Waals surface area (Å²) in [7, 11) is 0. The second-order valence-corrected chi connectivity index (χ2v) is 8.62. The highest BCUT2D eigenvalue weighted by molar-refractivity contribution is 7.99. The number of H-pyrrole nitrogens is 1. The molecule has 2 heterocycles. The fourth-order valence-electron chi connectivity index (χ4n) is 3.32. The molecule has 0 spiro atoms. The van der Waals surface area contributed by atoms with Crippen molar-refractivity contribution in [2.45, 2.75) is 31.0 Å². The van der Waals surface area contributed by atoms with Crippen LogP contribution in [0.25, 0.3) is 0 Å². The van der Waals surface area contributed by atoms with Gasteiger partial charge in [0.15, 0.2) is 5.82 Å². The van der Waals surface area contributed by atoms with Gasteiger partial charge in [-0.15, -0.1) is 5.10 Å². The normalized spacial score (nSPS) is 13.8. The number of aromatic nitrogens is 3. The summed E-state index contributed by atoms with van der Waals surface area (Å²) >= 11 is 7.13. The van der Waals surface area contributed by atoms with Crippen molar-refractivity contribution in [2.24, 2.45) is 0 Å². The Kier molecular flexibility index (Phi) is 7.32. The number of piperidine rings is 1. The van der Waals surface area contributed by atoms with Crippen LogP contribution in [0.15, 0.2) is 53.7 Å². The predicted octanol–water partition coefficient (Wildman–Crippen LogP) is 4.76. The minimum absolute atomic E-state index is 0.0977. The molecule has 1 aromatic heterocycles. The van der Waals surface area contributed by atoms with Crippen molar-refractivity contribution in [3.8, 4) is 5.75 Å². The lowest BCUT2D eigenvalue weighted by atomic mass is 10.1. The Labute approximate surface area is 190 Å². The molecular weight excluding hydrogens is 434 g/mol. The maximum atomic E-state index is 12.3. The van der Waals surface area contributed by atoms with Crippen molar-refractivity contribution in [1.82, 2.24) is 15.2 Å². The first kappa shape index (κ1) is 21.5. The second kappa shape index (κ2) is 10.5. The number of hydrogen-bond donors (Lipinski definition) is 2. The number of carbonyl (C=O) groups is 1. The van der Waals surface area contributed by atoms with E-state index in [9.17, 15) is 4.79 Å². The van der Waals surface area contributed by atoms with Gasteiger partial charge in [0, 0.05) is 29.5 Å². The first-order valence-corrected chi connectivity index (χ1v) is 11.6. The average Bonchev–Trinajstić information content (AvgIpc) is 3.26. The molecule has 31 heavy (non-hydrogen) atoms. The summed E-state index contributed by atoms with van der Waals surface area (Å²) in [5.41, 5.74) is 2.00. The number of anilines is 2. The van der Waals surface area contributed by atoms with Crippen LogP contribution >= 0.6 is 23.4 Å². The lowest BCUT2D eigenvalue weighted by Gasteiger charge is -2.28. The first-order valence-electron chi connectivity index (χ1n) is 10.2. The molecule has 7 nitrogen and oxygen atoms in total. The number of amides is 1. The van der Waals surface area contributed by atoms with E-state index in [1.165, 1.54) is 36.7 Å². The summed E-state index contributed by atoms with van der Waals surface area (Å²) in [6.07, 6.45) is 3.79. The van der Waals surface area contributed by atoms with Crippen molar-refractivity contribution in [2.75, 3.05) is 29.1 Å². The summed E-state index contributed by atoms with van der Waals surface area (Å²) < 4.78 is 5.63.